The standard InChI is InChI=1S/C28H23ClF3N3O3/c29-20-8-6-18(7-9-20)23-16-22(25(38-23)28(30,31)32)26(36)34-21-10-11-24(33-17-21)35-14-12-27(37,13-15-35)19-4-2-1-3-5-19/h1-11,16-17,37H,12-15H2,(H,34,36). The molecule has 3 heterocycles. The van der Waals surface area contributed by atoms with Gasteiger partial charge in [0.25, 0.3) is 5.91 Å². The van der Waals surface area contributed by atoms with Gasteiger partial charge in [-0.05, 0) is 60.9 Å². The molecule has 1 amide bonds. The van der Waals surface area contributed by atoms with Gasteiger partial charge in [-0.15, -0.1) is 0 Å². The highest BCUT2D eigenvalue weighted by Gasteiger charge is 2.40. The smallest absolute Gasteiger partial charge is 0.450 e. The molecular formula is C28H23ClF3N3O3. The van der Waals surface area contributed by atoms with Gasteiger partial charge in [-0.3, -0.25) is 4.79 Å². The minimum atomic E-state index is -4.87. The molecule has 0 radical (unpaired) electrons. The van der Waals surface area contributed by atoms with Gasteiger partial charge in [0, 0.05) is 23.7 Å². The number of pyridine rings is 1. The van der Waals surface area contributed by atoms with Gasteiger partial charge in [0.1, 0.15) is 11.6 Å². The predicted molar refractivity (Wildman–Crippen MR) is 138 cm³/mol. The second-order valence-electron chi connectivity index (χ2n) is 9.10. The van der Waals surface area contributed by atoms with E-state index in [-0.39, 0.29) is 11.4 Å². The van der Waals surface area contributed by atoms with E-state index in [1.807, 2.05) is 35.2 Å². The number of hydrogen-bond donors (Lipinski definition) is 2. The van der Waals surface area contributed by atoms with Crippen molar-refractivity contribution < 1.29 is 27.5 Å². The van der Waals surface area contributed by atoms with E-state index in [1.54, 1.807) is 12.1 Å². The maximum absolute atomic E-state index is 13.6. The number of hydrogen-bond acceptors (Lipinski definition) is 5. The molecule has 38 heavy (non-hydrogen) atoms. The Bertz CT molecular complexity index is 1410. The summed E-state index contributed by atoms with van der Waals surface area (Å²) in [6.07, 6.45) is -2.43. The molecule has 2 N–H and O–H groups in total. The summed E-state index contributed by atoms with van der Waals surface area (Å²) in [5.74, 6) is -1.82. The van der Waals surface area contributed by atoms with Crippen molar-refractivity contribution in [3.63, 3.8) is 0 Å². The topological polar surface area (TPSA) is 78.6 Å². The third-order valence-electron chi connectivity index (χ3n) is 6.59. The zero-order chi connectivity index (χ0) is 26.9. The predicted octanol–water partition coefficient (Wildman–Crippen LogP) is 6.75. The number of rotatable bonds is 5. The highest BCUT2D eigenvalue weighted by molar-refractivity contribution is 6.30. The van der Waals surface area contributed by atoms with E-state index in [1.165, 1.54) is 30.5 Å². The zero-order valence-corrected chi connectivity index (χ0v) is 20.8. The molecule has 196 valence electrons. The van der Waals surface area contributed by atoms with Crippen molar-refractivity contribution >= 4 is 29.0 Å². The minimum absolute atomic E-state index is 0.104. The maximum atomic E-state index is 13.6. The van der Waals surface area contributed by atoms with Gasteiger partial charge in [-0.2, -0.15) is 13.2 Å². The molecule has 0 unspecified atom stereocenters. The second-order valence-corrected chi connectivity index (χ2v) is 9.54. The molecule has 0 saturated carbocycles. The molecule has 1 saturated heterocycles. The number of carbonyl (C=O) groups is 1. The third-order valence-corrected chi connectivity index (χ3v) is 6.85. The van der Waals surface area contributed by atoms with Crippen molar-refractivity contribution in [3.8, 4) is 11.3 Å². The molecule has 1 aliphatic rings. The van der Waals surface area contributed by atoms with Crippen molar-refractivity contribution in [2.24, 2.45) is 0 Å². The Balaban J connectivity index is 1.28. The molecule has 0 atom stereocenters. The Morgan fingerprint density at radius 2 is 1.71 bits per heavy atom. The first-order valence-electron chi connectivity index (χ1n) is 11.9. The molecule has 6 nitrogen and oxygen atoms in total. The average molecular weight is 542 g/mol. The molecule has 0 aliphatic carbocycles. The summed E-state index contributed by atoms with van der Waals surface area (Å²) in [5, 5.41) is 13.9. The van der Waals surface area contributed by atoms with Crippen LogP contribution in [0.4, 0.5) is 24.7 Å². The van der Waals surface area contributed by atoms with Crippen LogP contribution in [0, 0.1) is 0 Å². The number of amides is 1. The number of benzene rings is 2. The summed E-state index contributed by atoms with van der Waals surface area (Å²) >= 11 is 5.85. The van der Waals surface area contributed by atoms with Crippen molar-refractivity contribution in [1.82, 2.24) is 4.98 Å². The van der Waals surface area contributed by atoms with E-state index in [2.05, 4.69) is 10.3 Å². The van der Waals surface area contributed by atoms with E-state index >= 15 is 0 Å². The third kappa shape index (κ3) is 5.39. The Kier molecular flexibility index (Phi) is 6.90. The summed E-state index contributed by atoms with van der Waals surface area (Å²) in [5.41, 5.74) is -0.0770. The Hall–Kier alpha value is -3.82. The summed E-state index contributed by atoms with van der Waals surface area (Å²) in [4.78, 5) is 19.2. The molecule has 1 aliphatic heterocycles. The van der Waals surface area contributed by atoms with Gasteiger partial charge in [-0.1, -0.05) is 41.9 Å². The number of nitrogens with one attached hydrogen (secondary N) is 1. The van der Waals surface area contributed by atoms with Gasteiger partial charge in [0.15, 0.2) is 0 Å². The molecule has 0 spiro atoms. The van der Waals surface area contributed by atoms with Crippen molar-refractivity contribution in [2.45, 2.75) is 24.6 Å². The Morgan fingerprint density at radius 3 is 2.32 bits per heavy atom. The van der Waals surface area contributed by atoms with Crippen LogP contribution < -0.4 is 10.2 Å². The normalized spacial score (nSPS) is 15.3. The van der Waals surface area contributed by atoms with Crippen LogP contribution in [0.2, 0.25) is 5.02 Å². The number of nitrogens with zero attached hydrogens (tertiary/aromatic N) is 2. The fraction of sp³-hybridized carbons (Fsp3) is 0.214. The van der Waals surface area contributed by atoms with Crippen molar-refractivity contribution in [3.05, 3.63) is 101 Å². The van der Waals surface area contributed by atoms with E-state index < -0.39 is 29.0 Å². The lowest BCUT2D eigenvalue weighted by molar-refractivity contribution is -0.153. The summed E-state index contributed by atoms with van der Waals surface area (Å²) in [6.45, 7) is 1.14. The minimum Gasteiger partial charge on any atom is -0.451 e. The fourth-order valence-electron chi connectivity index (χ4n) is 4.51. The van der Waals surface area contributed by atoms with Gasteiger partial charge >= 0.3 is 6.18 Å². The lowest BCUT2D eigenvalue weighted by Gasteiger charge is -2.39. The number of anilines is 2. The average Bonchev–Trinajstić information content (AvgIpc) is 3.37. The number of piperidine rings is 1. The maximum Gasteiger partial charge on any atom is 0.450 e. The first-order chi connectivity index (χ1) is 18.1. The van der Waals surface area contributed by atoms with Gasteiger partial charge < -0.3 is 19.7 Å². The highest BCUT2D eigenvalue weighted by atomic mass is 35.5. The molecule has 5 rings (SSSR count). The molecule has 4 aromatic rings. The van der Waals surface area contributed by atoms with E-state index in [9.17, 15) is 23.1 Å². The molecule has 2 aromatic heterocycles. The van der Waals surface area contributed by atoms with Crippen molar-refractivity contribution in [2.75, 3.05) is 23.3 Å². The highest BCUT2D eigenvalue weighted by Crippen LogP contribution is 2.38. The summed E-state index contributed by atoms with van der Waals surface area (Å²) < 4.78 is 45.9. The Labute approximate surface area is 221 Å². The number of alkyl halides is 3. The van der Waals surface area contributed by atoms with Crippen LogP contribution in [0.3, 0.4) is 0 Å². The fourth-order valence-corrected chi connectivity index (χ4v) is 4.64. The summed E-state index contributed by atoms with van der Waals surface area (Å²) in [7, 11) is 0. The largest absolute Gasteiger partial charge is 0.451 e. The number of furan rings is 1. The van der Waals surface area contributed by atoms with Gasteiger partial charge in [0.05, 0.1) is 23.0 Å². The van der Waals surface area contributed by atoms with Crippen molar-refractivity contribution in [1.29, 1.82) is 0 Å². The van der Waals surface area contributed by atoms with E-state index in [4.69, 9.17) is 16.0 Å². The second kappa shape index (κ2) is 10.2. The molecule has 10 heteroatoms. The molecule has 0 bridgehead atoms. The van der Waals surface area contributed by atoms with Crippen LogP contribution in [-0.4, -0.2) is 29.1 Å². The lowest BCUT2D eigenvalue weighted by atomic mass is 9.84. The Morgan fingerprint density at radius 1 is 1.03 bits per heavy atom. The van der Waals surface area contributed by atoms with E-state index in [0.29, 0.717) is 42.3 Å². The zero-order valence-electron chi connectivity index (χ0n) is 20.0. The number of aromatic nitrogens is 1. The van der Waals surface area contributed by atoms with Crippen LogP contribution >= 0.6 is 11.6 Å². The molecule has 1 fully saturated rings. The van der Waals surface area contributed by atoms with Crippen LogP contribution in [0.5, 0.6) is 0 Å². The molecule has 2 aromatic carbocycles. The van der Waals surface area contributed by atoms with E-state index in [0.717, 1.165) is 11.6 Å². The van der Waals surface area contributed by atoms with Crippen LogP contribution in [0.25, 0.3) is 11.3 Å². The number of aliphatic hydroxyl groups is 1. The SMILES string of the molecule is O=C(Nc1ccc(N2CCC(O)(c3ccccc3)CC2)nc1)c1cc(-c2ccc(Cl)cc2)oc1C(F)(F)F. The number of halogens is 4. The van der Waals surface area contributed by atoms with Gasteiger partial charge in [-0.25, -0.2) is 4.98 Å². The molecular weight excluding hydrogens is 519 g/mol. The lowest BCUT2D eigenvalue weighted by Crippen LogP contribution is -2.42. The monoisotopic (exact) mass is 541 g/mol. The van der Waals surface area contributed by atoms with Crippen LogP contribution in [-0.2, 0) is 11.8 Å². The van der Waals surface area contributed by atoms with Gasteiger partial charge in [0.2, 0.25) is 5.76 Å². The first-order valence-corrected chi connectivity index (χ1v) is 12.3. The van der Waals surface area contributed by atoms with Crippen LogP contribution in [0.1, 0.15) is 34.5 Å². The quantitative estimate of drug-likeness (QED) is 0.292. The van der Waals surface area contributed by atoms with Crippen LogP contribution in [0.15, 0.2) is 83.4 Å². The summed E-state index contributed by atoms with van der Waals surface area (Å²) in [6, 6.07) is 19.9. The number of carbonyl (C=O) groups excluding carboxylic acids is 1. The first kappa shape index (κ1) is 25.8.